The molecule has 1 aliphatic heterocycles. The van der Waals surface area contributed by atoms with Crippen molar-refractivity contribution in [1.29, 1.82) is 0 Å². The molecule has 1 aliphatic rings. The van der Waals surface area contributed by atoms with Gasteiger partial charge in [-0.25, -0.2) is 0 Å². The summed E-state index contributed by atoms with van der Waals surface area (Å²) in [5.41, 5.74) is 0.194. The molecule has 18 heavy (non-hydrogen) atoms. The molecule has 0 amide bonds. The van der Waals surface area contributed by atoms with Crippen LogP contribution in [0, 0.1) is 0 Å². The van der Waals surface area contributed by atoms with E-state index in [0.717, 1.165) is 0 Å². The molecule has 5 nitrogen and oxygen atoms in total. The molecule has 2 heterocycles. The van der Waals surface area contributed by atoms with Gasteiger partial charge in [-0.2, -0.15) is 0 Å². The maximum absolute atomic E-state index is 12.0. The average Bonchev–Trinajstić information content (AvgIpc) is 2.48. The van der Waals surface area contributed by atoms with Gasteiger partial charge in [0.25, 0.3) is 0 Å². The van der Waals surface area contributed by atoms with Crippen molar-refractivity contribution in [2.24, 2.45) is 0 Å². The van der Waals surface area contributed by atoms with E-state index in [9.17, 15) is 13.2 Å². The zero-order chi connectivity index (χ0) is 13.6. The molecule has 0 saturated carbocycles. The summed E-state index contributed by atoms with van der Waals surface area (Å²) in [5, 5.41) is 8.81. The number of nitrogens with zero attached hydrogens (tertiary/aromatic N) is 1. The Bertz CT molecular complexity index is 580. The van der Waals surface area contributed by atoms with Gasteiger partial charge in [0.05, 0.1) is 0 Å². The molecule has 1 N–H and O–H groups in total. The summed E-state index contributed by atoms with van der Waals surface area (Å²) in [4.78, 5) is 10.8. The van der Waals surface area contributed by atoms with Crippen molar-refractivity contribution in [1.82, 2.24) is 0 Å². The Hall–Kier alpha value is -1.37. The summed E-state index contributed by atoms with van der Waals surface area (Å²) in [5.74, 6) is 0.521. The van der Waals surface area contributed by atoms with Crippen LogP contribution in [0.4, 0.5) is 5.58 Å². The van der Waals surface area contributed by atoms with Crippen LogP contribution < -0.4 is 4.31 Å². The van der Waals surface area contributed by atoms with Crippen LogP contribution in [-0.2, 0) is 10.0 Å². The first-order valence-electron chi connectivity index (χ1n) is 5.60. The second-order valence-corrected chi connectivity index (χ2v) is 6.93. The van der Waals surface area contributed by atoms with Crippen molar-refractivity contribution < 1.29 is 18.3 Å². The molecule has 1 aromatic heterocycles. The zero-order valence-electron chi connectivity index (χ0n) is 10.3. The van der Waals surface area contributed by atoms with Crippen LogP contribution in [0.15, 0.2) is 18.1 Å². The first-order chi connectivity index (χ1) is 8.24. The van der Waals surface area contributed by atoms with Crippen molar-refractivity contribution in [3.63, 3.8) is 0 Å². The second-order valence-electron chi connectivity index (χ2n) is 4.99. The molecule has 0 unspecified atom stereocenters. The topological polar surface area (TPSA) is 74.7 Å². The van der Waals surface area contributed by atoms with E-state index in [4.69, 9.17) is 5.11 Å². The maximum atomic E-state index is 12.0. The number of anilines is 1. The van der Waals surface area contributed by atoms with E-state index in [0.29, 0.717) is 12.0 Å². The van der Waals surface area contributed by atoms with E-state index in [1.165, 1.54) is 29.3 Å². The van der Waals surface area contributed by atoms with Crippen molar-refractivity contribution in [2.45, 2.75) is 25.8 Å². The molecule has 7 heteroatoms. The van der Waals surface area contributed by atoms with Crippen LogP contribution in [0.5, 0.6) is 0 Å². The van der Waals surface area contributed by atoms with Crippen LogP contribution in [0.3, 0.4) is 0 Å². The van der Waals surface area contributed by atoms with E-state index in [-0.39, 0.29) is 11.3 Å². The van der Waals surface area contributed by atoms with Gasteiger partial charge >= 0.3 is 106 Å². The van der Waals surface area contributed by atoms with Gasteiger partial charge in [0.2, 0.25) is 0 Å². The summed E-state index contributed by atoms with van der Waals surface area (Å²) < 4.78 is 25.4. The third kappa shape index (κ3) is 2.14. The number of rotatable bonds is 2. The Kier molecular flexibility index (Phi) is 2.97. The van der Waals surface area contributed by atoms with E-state index < -0.39 is 21.5 Å². The number of carboxylic acids is 1. The summed E-state index contributed by atoms with van der Waals surface area (Å²) in [6.45, 7) is 5.26. The Morgan fingerprint density at radius 1 is 1.44 bits per heavy atom. The summed E-state index contributed by atoms with van der Waals surface area (Å²) in [6.07, 6.45) is 0.565. The normalized spacial score (nSPS) is 20.7. The van der Waals surface area contributed by atoms with Gasteiger partial charge in [-0.15, -0.1) is 0 Å². The summed E-state index contributed by atoms with van der Waals surface area (Å²) >= 11 is 0. The van der Waals surface area contributed by atoms with Crippen LogP contribution in [0.1, 0.15) is 30.6 Å². The van der Waals surface area contributed by atoms with Crippen LogP contribution in [-0.4, -0.2) is 37.7 Å². The first kappa shape index (κ1) is 13.1. The second kappa shape index (κ2) is 4.08. The number of carboxylic acid groups (broad SMARTS) is 1. The molecule has 0 bridgehead atoms. The van der Waals surface area contributed by atoms with Gasteiger partial charge < -0.3 is 0 Å². The van der Waals surface area contributed by atoms with E-state index in [1.807, 2.05) is 13.8 Å². The van der Waals surface area contributed by atoms with E-state index in [1.54, 1.807) is 0 Å². The predicted molar refractivity (Wildman–Crippen MR) is 69.7 cm³/mol. The Balaban J connectivity index is 2.44. The number of carbonyl (C=O) groups is 1. The third-order valence-corrected chi connectivity index (χ3v) is 5.13. The average molecular weight is 267 g/mol. The fourth-order valence-corrected chi connectivity index (χ4v) is 4.42. The van der Waals surface area contributed by atoms with Crippen molar-refractivity contribution in [3.05, 3.63) is 23.7 Å². The van der Waals surface area contributed by atoms with E-state index in [2.05, 4.69) is 0 Å². The standard InChI is InChI=1S/C11H14BNO4S/c1-11(2)5-6-18(16,17)13(11)9-4-3-8(7-12-9)10(14)15/h3-4,7H,5-6H2,1-2H3,(H,14,15). The van der Waals surface area contributed by atoms with Gasteiger partial charge in [-0.1, -0.05) is 0 Å². The van der Waals surface area contributed by atoms with Gasteiger partial charge in [0, 0.05) is 0 Å². The molecule has 1 fully saturated rings. The number of hydrogen-bond acceptors (Lipinski definition) is 3. The molecule has 0 aromatic carbocycles. The minimum atomic E-state index is -3.29. The molecule has 96 valence electrons. The molecule has 1 saturated heterocycles. The Morgan fingerprint density at radius 3 is 2.50 bits per heavy atom. The summed E-state index contributed by atoms with van der Waals surface area (Å²) in [6, 6.07) is 2.95. The molecular formula is C11H14BNO4S. The molecular weight excluding hydrogens is 253 g/mol. The molecule has 1 aromatic rings. The van der Waals surface area contributed by atoms with Gasteiger partial charge in [-0.3, -0.25) is 0 Å². The molecule has 2 rings (SSSR count). The van der Waals surface area contributed by atoms with Crippen molar-refractivity contribution in [3.8, 4) is 0 Å². The predicted octanol–water partition coefficient (Wildman–Crippen LogP) is 1.04. The first-order valence-corrected chi connectivity index (χ1v) is 7.21. The van der Waals surface area contributed by atoms with Crippen LogP contribution in [0.2, 0.25) is 0 Å². The van der Waals surface area contributed by atoms with Gasteiger partial charge in [0.1, 0.15) is 0 Å². The van der Waals surface area contributed by atoms with Crippen molar-refractivity contribution in [2.75, 3.05) is 10.1 Å². The van der Waals surface area contributed by atoms with E-state index >= 15 is 0 Å². The molecule has 0 spiro atoms. The molecule has 0 atom stereocenters. The quantitative estimate of drug-likeness (QED) is 0.868. The minimum absolute atomic E-state index is 0.126. The van der Waals surface area contributed by atoms with Gasteiger partial charge in [0.15, 0.2) is 0 Å². The zero-order valence-corrected chi connectivity index (χ0v) is 11.1. The number of hydrogen-bond donors (Lipinski definition) is 1. The SMILES string of the molecule is CC1(C)CCS(=O)(=O)N1c1bcc(C(=O)O)cc1. The van der Waals surface area contributed by atoms with Crippen molar-refractivity contribution >= 4 is 28.5 Å². The summed E-state index contributed by atoms with van der Waals surface area (Å²) in [7, 11) is -3.29. The van der Waals surface area contributed by atoms with Crippen LogP contribution >= 0.6 is 0 Å². The Labute approximate surface area is 107 Å². The monoisotopic (exact) mass is 267 g/mol. The third-order valence-electron chi connectivity index (χ3n) is 3.15. The molecule has 0 radical (unpaired) electrons. The van der Waals surface area contributed by atoms with Crippen LogP contribution in [0.25, 0.3) is 0 Å². The number of aromatic carboxylic acids is 1. The van der Waals surface area contributed by atoms with Gasteiger partial charge in [-0.05, 0) is 0 Å². The number of sulfonamides is 1. The molecule has 0 aliphatic carbocycles. The fourth-order valence-electron chi connectivity index (χ4n) is 2.20. The fraction of sp³-hybridized carbons (Fsp3) is 0.455. The Morgan fingerprint density at radius 2 is 2.11 bits per heavy atom.